The molecule has 0 saturated heterocycles. The first kappa shape index (κ1) is 22.0. The van der Waals surface area contributed by atoms with Crippen LogP contribution >= 0.6 is 11.8 Å². The number of pyridine rings is 1. The maximum absolute atomic E-state index is 13.2. The van der Waals surface area contributed by atoms with Gasteiger partial charge in [-0.3, -0.25) is 19.1 Å². The Morgan fingerprint density at radius 3 is 2.56 bits per heavy atom. The van der Waals surface area contributed by atoms with Crippen molar-refractivity contribution in [2.24, 2.45) is 0 Å². The van der Waals surface area contributed by atoms with E-state index >= 15 is 0 Å². The van der Waals surface area contributed by atoms with Crippen LogP contribution in [0, 0.1) is 0 Å². The second kappa shape index (κ2) is 10.4. The van der Waals surface area contributed by atoms with Crippen LogP contribution in [-0.2, 0) is 21.8 Å². The molecule has 0 amide bonds. The van der Waals surface area contributed by atoms with Crippen LogP contribution in [0.1, 0.15) is 31.4 Å². The summed E-state index contributed by atoms with van der Waals surface area (Å²) in [5, 5.41) is 2.42. The number of fused-ring (bicyclic) bond motifs is 2. The number of esters is 1. The molecule has 4 aromatic rings. The zero-order valence-electron chi connectivity index (χ0n) is 18.0. The molecule has 0 fully saturated rings. The van der Waals surface area contributed by atoms with Crippen molar-refractivity contribution in [2.75, 3.05) is 7.11 Å². The minimum Gasteiger partial charge on any atom is -0.469 e. The number of aromatic nitrogens is 3. The molecule has 0 atom stereocenters. The Labute approximate surface area is 190 Å². The lowest BCUT2D eigenvalue weighted by Gasteiger charge is -2.13. The van der Waals surface area contributed by atoms with Crippen LogP contribution in [0.2, 0.25) is 0 Å². The predicted molar refractivity (Wildman–Crippen MR) is 128 cm³/mol. The molecule has 0 N–H and O–H groups in total. The molecule has 0 unspecified atom stereocenters. The van der Waals surface area contributed by atoms with Gasteiger partial charge >= 0.3 is 5.97 Å². The third kappa shape index (κ3) is 5.16. The number of hydrogen-bond donors (Lipinski definition) is 0. The first-order valence-electron chi connectivity index (χ1n) is 10.7. The number of ether oxygens (including phenoxy) is 1. The molecule has 7 heteroatoms. The maximum Gasteiger partial charge on any atom is 0.305 e. The van der Waals surface area contributed by atoms with E-state index in [1.807, 2.05) is 54.6 Å². The predicted octanol–water partition coefficient (Wildman–Crippen LogP) is 4.97. The van der Waals surface area contributed by atoms with Gasteiger partial charge in [0.1, 0.15) is 0 Å². The Morgan fingerprint density at radius 1 is 0.938 bits per heavy atom. The number of benzene rings is 2. The summed E-state index contributed by atoms with van der Waals surface area (Å²) in [6.07, 6.45) is 2.77. The average molecular weight is 448 g/mol. The molecule has 0 aliphatic heterocycles. The maximum atomic E-state index is 13.2. The number of carbonyl (C=O) groups excluding carboxylic acids is 1. The SMILES string of the molecule is COC(=O)CCCCCn1c(SCc2ccc3ccccc3n2)nc2ccccc2c1=O. The summed E-state index contributed by atoms with van der Waals surface area (Å²) < 4.78 is 6.44. The van der Waals surface area contributed by atoms with Crippen LogP contribution in [0.25, 0.3) is 21.8 Å². The van der Waals surface area contributed by atoms with Gasteiger partial charge in [0.05, 0.1) is 29.2 Å². The molecule has 2 heterocycles. The molecule has 0 saturated carbocycles. The lowest BCUT2D eigenvalue weighted by atomic mass is 10.2. The molecule has 0 radical (unpaired) electrons. The van der Waals surface area contributed by atoms with Gasteiger partial charge in [0.25, 0.3) is 5.56 Å². The molecule has 164 valence electrons. The van der Waals surface area contributed by atoms with E-state index in [2.05, 4.69) is 10.8 Å². The lowest BCUT2D eigenvalue weighted by molar-refractivity contribution is -0.140. The number of carbonyl (C=O) groups is 1. The number of thioether (sulfide) groups is 1. The number of rotatable bonds is 9. The van der Waals surface area contributed by atoms with Crippen LogP contribution in [0.5, 0.6) is 0 Å². The van der Waals surface area contributed by atoms with Crippen molar-refractivity contribution < 1.29 is 9.53 Å². The minimum absolute atomic E-state index is 0.0301. The molecular weight excluding hydrogens is 422 g/mol. The molecule has 2 aromatic heterocycles. The van der Waals surface area contributed by atoms with Crippen molar-refractivity contribution in [2.45, 2.75) is 43.1 Å². The quantitative estimate of drug-likeness (QED) is 0.156. The fraction of sp³-hybridized carbons (Fsp3) is 0.280. The summed E-state index contributed by atoms with van der Waals surface area (Å²) in [6, 6.07) is 19.6. The van der Waals surface area contributed by atoms with Crippen LogP contribution in [0.15, 0.2) is 70.6 Å². The molecule has 0 aliphatic carbocycles. The van der Waals surface area contributed by atoms with Crippen molar-refractivity contribution in [1.82, 2.24) is 14.5 Å². The fourth-order valence-corrected chi connectivity index (χ4v) is 4.53. The highest BCUT2D eigenvalue weighted by Crippen LogP contribution is 2.23. The molecule has 4 rings (SSSR count). The summed E-state index contributed by atoms with van der Waals surface area (Å²) >= 11 is 1.53. The van der Waals surface area contributed by atoms with Gasteiger partial charge in [-0.1, -0.05) is 54.6 Å². The Hall–Kier alpha value is -3.19. The zero-order valence-corrected chi connectivity index (χ0v) is 18.8. The van der Waals surface area contributed by atoms with Crippen LogP contribution < -0.4 is 5.56 Å². The monoisotopic (exact) mass is 447 g/mol. The van der Waals surface area contributed by atoms with Crippen LogP contribution in [-0.4, -0.2) is 27.6 Å². The van der Waals surface area contributed by atoms with Crippen LogP contribution in [0.4, 0.5) is 0 Å². The van der Waals surface area contributed by atoms with Gasteiger partial charge in [0.2, 0.25) is 0 Å². The van der Waals surface area contributed by atoms with Gasteiger partial charge in [0, 0.05) is 24.1 Å². The highest BCUT2D eigenvalue weighted by Gasteiger charge is 2.12. The second-order valence-corrected chi connectivity index (χ2v) is 8.48. The summed E-state index contributed by atoms with van der Waals surface area (Å²) in [5.74, 6) is 0.423. The lowest BCUT2D eigenvalue weighted by Crippen LogP contribution is -2.23. The van der Waals surface area contributed by atoms with E-state index in [0.717, 1.165) is 35.9 Å². The van der Waals surface area contributed by atoms with Crippen LogP contribution in [0.3, 0.4) is 0 Å². The van der Waals surface area contributed by atoms with Crippen molar-refractivity contribution >= 4 is 39.5 Å². The van der Waals surface area contributed by atoms with Gasteiger partial charge in [0.15, 0.2) is 5.16 Å². The standard InChI is InChI=1S/C25H25N3O3S/c1-31-23(29)13-3-2-8-16-28-24(30)20-10-5-7-12-22(20)27-25(28)32-17-19-15-14-18-9-4-6-11-21(18)26-19/h4-7,9-12,14-15H,2-3,8,13,16-17H2,1H3. The molecule has 0 bridgehead atoms. The van der Waals surface area contributed by atoms with Crippen molar-refractivity contribution in [3.8, 4) is 0 Å². The van der Waals surface area contributed by atoms with E-state index in [-0.39, 0.29) is 11.5 Å². The molecule has 6 nitrogen and oxygen atoms in total. The summed E-state index contributed by atoms with van der Waals surface area (Å²) in [5.41, 5.74) is 2.58. The summed E-state index contributed by atoms with van der Waals surface area (Å²) in [6.45, 7) is 0.561. The Bertz CT molecular complexity index is 1300. The van der Waals surface area contributed by atoms with E-state index < -0.39 is 0 Å². The molecule has 0 spiro atoms. The highest BCUT2D eigenvalue weighted by atomic mass is 32.2. The topological polar surface area (TPSA) is 74.1 Å². The first-order chi connectivity index (χ1) is 15.7. The molecule has 0 aliphatic rings. The fourth-order valence-electron chi connectivity index (χ4n) is 3.60. The number of nitrogens with zero attached hydrogens (tertiary/aromatic N) is 3. The Morgan fingerprint density at radius 2 is 1.72 bits per heavy atom. The third-order valence-electron chi connectivity index (χ3n) is 5.32. The minimum atomic E-state index is -0.200. The van der Waals surface area contributed by atoms with Gasteiger partial charge in [-0.05, 0) is 37.1 Å². The summed E-state index contributed by atoms with van der Waals surface area (Å²) in [4.78, 5) is 34.0. The normalized spacial score (nSPS) is 11.2. The second-order valence-electron chi connectivity index (χ2n) is 7.54. The van der Waals surface area contributed by atoms with Crippen molar-refractivity contribution in [3.63, 3.8) is 0 Å². The number of methoxy groups -OCH3 is 1. The highest BCUT2D eigenvalue weighted by molar-refractivity contribution is 7.98. The number of para-hydroxylation sites is 2. The zero-order chi connectivity index (χ0) is 22.3. The van der Waals surface area contributed by atoms with Gasteiger partial charge in [-0.25, -0.2) is 4.98 Å². The molecule has 2 aromatic carbocycles. The van der Waals surface area contributed by atoms with E-state index in [1.165, 1.54) is 18.9 Å². The molecule has 32 heavy (non-hydrogen) atoms. The van der Waals surface area contributed by atoms with E-state index in [0.29, 0.717) is 34.8 Å². The third-order valence-corrected chi connectivity index (χ3v) is 6.33. The van der Waals surface area contributed by atoms with E-state index in [9.17, 15) is 9.59 Å². The van der Waals surface area contributed by atoms with E-state index in [4.69, 9.17) is 9.97 Å². The number of hydrogen-bond acceptors (Lipinski definition) is 6. The molecular formula is C25H25N3O3S. The first-order valence-corrected chi connectivity index (χ1v) is 11.7. The van der Waals surface area contributed by atoms with Gasteiger partial charge < -0.3 is 4.74 Å². The summed E-state index contributed by atoms with van der Waals surface area (Å²) in [7, 11) is 1.40. The van der Waals surface area contributed by atoms with Gasteiger partial charge in [-0.15, -0.1) is 0 Å². The average Bonchev–Trinajstić information content (AvgIpc) is 2.83. The Kier molecular flexibility index (Phi) is 7.17. The van der Waals surface area contributed by atoms with Crippen molar-refractivity contribution in [1.29, 1.82) is 0 Å². The number of unbranched alkanes of at least 4 members (excludes halogenated alkanes) is 2. The Balaban J connectivity index is 1.53. The van der Waals surface area contributed by atoms with Crippen molar-refractivity contribution in [3.05, 3.63) is 76.7 Å². The van der Waals surface area contributed by atoms with Gasteiger partial charge in [-0.2, -0.15) is 0 Å². The largest absolute Gasteiger partial charge is 0.469 e. The smallest absolute Gasteiger partial charge is 0.305 e. The van der Waals surface area contributed by atoms with E-state index in [1.54, 1.807) is 4.57 Å².